The fourth-order valence-electron chi connectivity index (χ4n) is 1.82. The first-order valence-corrected chi connectivity index (χ1v) is 7.66. The van der Waals surface area contributed by atoms with Crippen LogP contribution in [0.4, 0.5) is 0 Å². The van der Waals surface area contributed by atoms with Crippen molar-refractivity contribution in [1.29, 1.82) is 0 Å². The van der Waals surface area contributed by atoms with Crippen LogP contribution in [0.5, 0.6) is 0 Å². The molecule has 0 amide bonds. The van der Waals surface area contributed by atoms with Gasteiger partial charge in [-0.3, -0.25) is 0 Å². The van der Waals surface area contributed by atoms with Crippen molar-refractivity contribution in [2.75, 3.05) is 6.54 Å². The summed E-state index contributed by atoms with van der Waals surface area (Å²) in [6.45, 7) is 2.98. The molecule has 1 aromatic heterocycles. The molecule has 0 aliphatic heterocycles. The normalized spacial score (nSPS) is 11.8. The van der Waals surface area contributed by atoms with Crippen LogP contribution in [0.3, 0.4) is 0 Å². The fourth-order valence-corrected chi connectivity index (χ4v) is 2.83. The van der Waals surface area contributed by atoms with Crippen LogP contribution in [0.2, 0.25) is 0 Å². The summed E-state index contributed by atoms with van der Waals surface area (Å²) in [5.74, 6) is 0. The van der Waals surface area contributed by atoms with Gasteiger partial charge in [0, 0.05) is 11.4 Å². The van der Waals surface area contributed by atoms with E-state index in [2.05, 4.69) is 59.3 Å². The van der Waals surface area contributed by atoms with E-state index < -0.39 is 0 Å². The Morgan fingerprint density at radius 1 is 1.21 bits per heavy atom. The van der Waals surface area contributed by atoms with Gasteiger partial charge in [-0.25, -0.2) is 0 Å². The summed E-state index contributed by atoms with van der Waals surface area (Å²) in [5, 5.41) is 9.35. The highest BCUT2D eigenvalue weighted by Gasteiger charge is 2.06. The van der Waals surface area contributed by atoms with Crippen molar-refractivity contribution in [2.45, 2.75) is 19.4 Å². The molecule has 19 heavy (non-hydrogen) atoms. The number of benzene rings is 1. The third-order valence-corrected chi connectivity index (χ3v) is 4.18. The zero-order valence-corrected chi connectivity index (χ0v) is 12.6. The summed E-state index contributed by atoms with van der Waals surface area (Å²) in [7, 11) is 0. The smallest absolute Gasteiger partial charge is 0.166 e. The molecule has 0 saturated carbocycles. The molecule has 2 aromatic rings. The van der Waals surface area contributed by atoms with Gasteiger partial charge in [-0.1, -0.05) is 36.4 Å². The lowest BCUT2D eigenvalue weighted by molar-refractivity contribution is 0.708. The minimum Gasteiger partial charge on any atom is -0.362 e. The second-order valence-corrected chi connectivity index (χ2v) is 5.76. The van der Waals surface area contributed by atoms with Gasteiger partial charge in [0.25, 0.3) is 0 Å². The van der Waals surface area contributed by atoms with Crippen molar-refractivity contribution < 1.29 is 0 Å². The zero-order valence-electron chi connectivity index (χ0n) is 10.9. The molecule has 4 heteroatoms. The van der Waals surface area contributed by atoms with Crippen molar-refractivity contribution in [3.8, 4) is 0 Å². The van der Waals surface area contributed by atoms with Crippen molar-refractivity contribution in [3.63, 3.8) is 0 Å². The van der Waals surface area contributed by atoms with Crippen LogP contribution in [0.15, 0.2) is 47.8 Å². The highest BCUT2D eigenvalue weighted by atomic mass is 32.1. The lowest BCUT2D eigenvalue weighted by atomic mass is 10.1. The topological polar surface area (TPSA) is 24.1 Å². The Morgan fingerprint density at radius 2 is 2.00 bits per heavy atom. The molecule has 0 bridgehead atoms. The Hall–Kier alpha value is -1.39. The molecule has 0 fully saturated rings. The molecular formula is C15H18N2S2. The number of thiophene rings is 1. The second kappa shape index (κ2) is 7.26. The van der Waals surface area contributed by atoms with Gasteiger partial charge in [-0.05, 0) is 42.6 Å². The van der Waals surface area contributed by atoms with Crippen LogP contribution in [-0.4, -0.2) is 11.7 Å². The lowest BCUT2D eigenvalue weighted by Crippen LogP contribution is -2.37. The predicted molar refractivity (Wildman–Crippen MR) is 86.6 cm³/mol. The Morgan fingerprint density at radius 3 is 2.68 bits per heavy atom. The van der Waals surface area contributed by atoms with Crippen LogP contribution in [0.25, 0.3) is 0 Å². The maximum atomic E-state index is 5.30. The van der Waals surface area contributed by atoms with E-state index in [9.17, 15) is 0 Å². The Labute approximate surface area is 123 Å². The minimum absolute atomic E-state index is 0.261. The van der Waals surface area contributed by atoms with E-state index in [1.807, 2.05) is 6.07 Å². The monoisotopic (exact) mass is 290 g/mol. The van der Waals surface area contributed by atoms with E-state index in [1.165, 1.54) is 10.4 Å². The van der Waals surface area contributed by atoms with Crippen molar-refractivity contribution in [2.24, 2.45) is 0 Å². The summed E-state index contributed by atoms with van der Waals surface area (Å²) in [6, 6.07) is 14.9. The number of hydrogen-bond donors (Lipinski definition) is 2. The molecule has 0 radical (unpaired) electrons. The highest BCUT2D eigenvalue weighted by Crippen LogP contribution is 2.17. The van der Waals surface area contributed by atoms with Crippen molar-refractivity contribution in [1.82, 2.24) is 10.6 Å². The van der Waals surface area contributed by atoms with Gasteiger partial charge < -0.3 is 10.6 Å². The molecule has 0 saturated heterocycles. The minimum atomic E-state index is 0.261. The van der Waals surface area contributed by atoms with E-state index >= 15 is 0 Å². The quantitative estimate of drug-likeness (QED) is 0.824. The van der Waals surface area contributed by atoms with Crippen LogP contribution in [0, 0.1) is 0 Å². The number of hydrogen-bond acceptors (Lipinski definition) is 2. The molecule has 0 unspecified atom stereocenters. The molecule has 100 valence electrons. The maximum absolute atomic E-state index is 5.30. The van der Waals surface area contributed by atoms with E-state index in [1.54, 1.807) is 11.3 Å². The summed E-state index contributed by atoms with van der Waals surface area (Å²) in [4.78, 5) is 1.30. The van der Waals surface area contributed by atoms with Crippen LogP contribution < -0.4 is 10.6 Å². The Bertz CT molecular complexity index is 494. The standard InChI is InChI=1S/C15H18N2S2/c1-12(14-8-5-11-19-14)17-15(18)16-10-9-13-6-3-2-4-7-13/h2-8,11-12H,9-10H2,1H3,(H2,16,17,18)/t12-/m0/s1. The molecule has 2 nitrogen and oxygen atoms in total. The van der Waals surface area contributed by atoms with Crippen LogP contribution >= 0.6 is 23.6 Å². The average Bonchev–Trinajstić information content (AvgIpc) is 2.94. The average molecular weight is 290 g/mol. The van der Waals surface area contributed by atoms with Gasteiger partial charge in [0.2, 0.25) is 0 Å². The summed E-state index contributed by atoms with van der Waals surface area (Å²) in [5.41, 5.74) is 1.32. The van der Waals surface area contributed by atoms with E-state index in [0.717, 1.165) is 18.1 Å². The van der Waals surface area contributed by atoms with Gasteiger partial charge in [-0.2, -0.15) is 0 Å². The molecule has 1 atom stereocenters. The third-order valence-electron chi connectivity index (χ3n) is 2.86. The summed E-state index contributed by atoms with van der Waals surface area (Å²) in [6.07, 6.45) is 0.982. The van der Waals surface area contributed by atoms with Gasteiger partial charge >= 0.3 is 0 Å². The molecule has 0 aliphatic carbocycles. The van der Waals surface area contributed by atoms with E-state index in [0.29, 0.717) is 0 Å². The molecule has 1 heterocycles. The largest absolute Gasteiger partial charge is 0.362 e. The van der Waals surface area contributed by atoms with Crippen LogP contribution in [0.1, 0.15) is 23.4 Å². The SMILES string of the molecule is C[C@H](NC(=S)NCCc1ccccc1)c1cccs1. The molecule has 1 aromatic carbocycles. The summed E-state index contributed by atoms with van der Waals surface area (Å²) >= 11 is 7.05. The third kappa shape index (κ3) is 4.65. The van der Waals surface area contributed by atoms with E-state index in [4.69, 9.17) is 12.2 Å². The number of rotatable bonds is 5. The number of thiocarbonyl (C=S) groups is 1. The number of nitrogens with one attached hydrogen (secondary N) is 2. The first kappa shape index (κ1) is 14.0. The van der Waals surface area contributed by atoms with Gasteiger partial charge in [0.1, 0.15) is 0 Å². The zero-order chi connectivity index (χ0) is 13.5. The molecule has 2 N–H and O–H groups in total. The molecule has 0 aliphatic rings. The van der Waals surface area contributed by atoms with Crippen molar-refractivity contribution in [3.05, 3.63) is 58.3 Å². The van der Waals surface area contributed by atoms with Crippen LogP contribution in [-0.2, 0) is 6.42 Å². The maximum Gasteiger partial charge on any atom is 0.166 e. The first-order chi connectivity index (χ1) is 9.25. The highest BCUT2D eigenvalue weighted by molar-refractivity contribution is 7.80. The fraction of sp³-hybridized carbons (Fsp3) is 0.267. The molecular weight excluding hydrogens is 272 g/mol. The van der Waals surface area contributed by atoms with Gasteiger partial charge in [-0.15, -0.1) is 11.3 Å². The Kier molecular flexibility index (Phi) is 5.36. The molecule has 2 rings (SSSR count). The first-order valence-electron chi connectivity index (χ1n) is 6.37. The van der Waals surface area contributed by atoms with E-state index in [-0.39, 0.29) is 6.04 Å². The lowest BCUT2D eigenvalue weighted by Gasteiger charge is -2.15. The Balaban J connectivity index is 1.70. The van der Waals surface area contributed by atoms with Gasteiger partial charge in [0.15, 0.2) is 5.11 Å². The predicted octanol–water partition coefficient (Wildman–Crippen LogP) is 3.52. The molecule has 0 spiro atoms. The van der Waals surface area contributed by atoms with Gasteiger partial charge in [0.05, 0.1) is 6.04 Å². The summed E-state index contributed by atoms with van der Waals surface area (Å²) < 4.78 is 0. The second-order valence-electron chi connectivity index (χ2n) is 4.37. The van der Waals surface area contributed by atoms with Crippen molar-refractivity contribution >= 4 is 28.7 Å².